The quantitative estimate of drug-likeness (QED) is 0.250. The first-order valence-corrected chi connectivity index (χ1v) is 12.2. The second-order valence-corrected chi connectivity index (χ2v) is 10.8. The van der Waals surface area contributed by atoms with Crippen molar-refractivity contribution in [3.05, 3.63) is 49.8 Å². The number of esters is 1. The van der Waals surface area contributed by atoms with Gasteiger partial charge < -0.3 is 14.0 Å². The average molecular weight is 597 g/mol. The second kappa shape index (κ2) is 8.48. The van der Waals surface area contributed by atoms with Crippen molar-refractivity contribution < 1.29 is 14.3 Å². The van der Waals surface area contributed by atoms with Gasteiger partial charge in [0.2, 0.25) is 0 Å². The van der Waals surface area contributed by atoms with Crippen molar-refractivity contribution in [2.45, 2.75) is 46.3 Å². The van der Waals surface area contributed by atoms with Crippen molar-refractivity contribution in [2.75, 3.05) is 13.7 Å². The summed E-state index contributed by atoms with van der Waals surface area (Å²) in [6.45, 7) is 9.05. The van der Waals surface area contributed by atoms with Crippen LogP contribution < -0.4 is 0 Å². The highest BCUT2D eigenvalue weighted by Crippen LogP contribution is 2.57. The van der Waals surface area contributed by atoms with Gasteiger partial charge in [-0.25, -0.2) is 0 Å². The molecule has 2 atom stereocenters. The zero-order valence-electron chi connectivity index (χ0n) is 18.3. The lowest BCUT2D eigenvalue weighted by Gasteiger charge is -2.42. The maximum absolute atomic E-state index is 11.6. The van der Waals surface area contributed by atoms with Crippen LogP contribution in [0.5, 0.6) is 0 Å². The molecular formula is C24H26BrIN2O3. The van der Waals surface area contributed by atoms with Gasteiger partial charge in [-0.15, -0.1) is 0 Å². The van der Waals surface area contributed by atoms with E-state index in [2.05, 4.69) is 88.1 Å². The van der Waals surface area contributed by atoms with Gasteiger partial charge in [-0.1, -0.05) is 29.8 Å². The van der Waals surface area contributed by atoms with Crippen LogP contribution in [-0.2, 0) is 20.8 Å². The summed E-state index contributed by atoms with van der Waals surface area (Å²) in [6.07, 6.45) is 1.64. The number of ether oxygens (including phenoxy) is 2. The van der Waals surface area contributed by atoms with E-state index >= 15 is 0 Å². The molecule has 0 bridgehead atoms. The van der Waals surface area contributed by atoms with Gasteiger partial charge in [0, 0.05) is 62.6 Å². The fourth-order valence-corrected chi connectivity index (χ4v) is 5.70. The molecule has 0 fully saturated rings. The summed E-state index contributed by atoms with van der Waals surface area (Å²) in [4.78, 5) is 16.5. The van der Waals surface area contributed by atoms with E-state index in [9.17, 15) is 4.79 Å². The van der Waals surface area contributed by atoms with E-state index in [0.717, 1.165) is 25.8 Å². The fraction of sp³-hybridized carbons (Fsp3) is 0.417. The molecule has 164 valence electrons. The highest BCUT2D eigenvalue weighted by molar-refractivity contribution is 14.1. The van der Waals surface area contributed by atoms with E-state index in [0.29, 0.717) is 6.61 Å². The molecule has 0 N–H and O–H groups in total. The number of fused-ring (bicyclic) bond motifs is 5. The van der Waals surface area contributed by atoms with Gasteiger partial charge in [-0.2, -0.15) is 0 Å². The van der Waals surface area contributed by atoms with Crippen LogP contribution in [0.1, 0.15) is 51.0 Å². The molecule has 1 aliphatic rings. The standard InChI is InChI=1S/C24H26BrIN2O3/c1-6-28-18-8-7-14(25)9-16(18)19-20(24(3,4)12-31-13(2)29)23(30-5)21-17(22(19)28)10-15(26)11-27-21/h7-11,20,23H,6,12H2,1-5H3/t20?,23-/m0/s1. The molecule has 0 radical (unpaired) electrons. The van der Waals surface area contributed by atoms with Crippen LogP contribution in [0, 0.1) is 8.99 Å². The topological polar surface area (TPSA) is 53.4 Å². The summed E-state index contributed by atoms with van der Waals surface area (Å²) in [5.74, 6) is -0.318. The van der Waals surface area contributed by atoms with Gasteiger partial charge in [-0.3, -0.25) is 9.78 Å². The minimum atomic E-state index is -0.376. The summed E-state index contributed by atoms with van der Waals surface area (Å²) < 4.78 is 16.1. The van der Waals surface area contributed by atoms with Gasteiger partial charge in [0.05, 0.1) is 18.0 Å². The number of hydrogen-bond acceptors (Lipinski definition) is 4. The number of nitrogens with zero attached hydrogens (tertiary/aromatic N) is 2. The van der Waals surface area contributed by atoms with Gasteiger partial charge in [-0.05, 0) is 59.3 Å². The number of aromatic nitrogens is 2. The molecule has 0 amide bonds. The second-order valence-electron chi connectivity index (χ2n) is 8.66. The zero-order chi connectivity index (χ0) is 22.5. The highest BCUT2D eigenvalue weighted by atomic mass is 127. The predicted octanol–water partition coefficient (Wildman–Crippen LogP) is 6.46. The fourth-order valence-electron chi connectivity index (χ4n) is 4.89. The van der Waals surface area contributed by atoms with Crippen LogP contribution in [0.2, 0.25) is 0 Å². The Labute approximate surface area is 204 Å². The molecule has 2 aromatic heterocycles. The van der Waals surface area contributed by atoms with Crippen LogP contribution in [0.4, 0.5) is 0 Å². The minimum absolute atomic E-state index is 0.0449. The Morgan fingerprint density at radius 2 is 2.06 bits per heavy atom. The molecule has 3 aromatic rings. The monoisotopic (exact) mass is 596 g/mol. The number of hydrogen-bond donors (Lipinski definition) is 0. The van der Waals surface area contributed by atoms with Crippen molar-refractivity contribution in [1.82, 2.24) is 9.55 Å². The van der Waals surface area contributed by atoms with Crippen molar-refractivity contribution in [3.8, 4) is 11.3 Å². The summed E-state index contributed by atoms with van der Waals surface area (Å²) in [7, 11) is 1.74. The van der Waals surface area contributed by atoms with Crippen LogP contribution in [-0.4, -0.2) is 29.2 Å². The molecule has 4 rings (SSSR count). The molecule has 7 heteroatoms. The third kappa shape index (κ3) is 3.82. The summed E-state index contributed by atoms with van der Waals surface area (Å²) in [5.41, 5.74) is 5.28. The lowest BCUT2D eigenvalue weighted by molar-refractivity contribution is -0.145. The molecule has 0 spiro atoms. The molecule has 1 aliphatic carbocycles. The SMILES string of the molecule is CCn1c2c(c3cc(Br)ccc31)C(C(C)(C)COC(C)=O)[C@H](OC)c1ncc(I)cc1-2. The largest absolute Gasteiger partial charge is 0.465 e. The Balaban J connectivity index is 2.09. The molecule has 0 aliphatic heterocycles. The molecule has 31 heavy (non-hydrogen) atoms. The number of methoxy groups -OCH3 is 1. The molecule has 0 saturated carbocycles. The Bertz CT molecular complexity index is 1170. The number of carbonyl (C=O) groups excluding carboxylic acids is 1. The van der Waals surface area contributed by atoms with E-state index in [1.165, 1.54) is 29.1 Å². The number of pyridine rings is 1. The van der Waals surface area contributed by atoms with E-state index in [-0.39, 0.29) is 23.4 Å². The number of benzene rings is 1. The van der Waals surface area contributed by atoms with E-state index < -0.39 is 0 Å². The third-order valence-electron chi connectivity index (χ3n) is 6.15. The van der Waals surface area contributed by atoms with Gasteiger partial charge in [0.15, 0.2) is 0 Å². The smallest absolute Gasteiger partial charge is 0.302 e. The van der Waals surface area contributed by atoms with Crippen molar-refractivity contribution in [2.24, 2.45) is 5.41 Å². The Morgan fingerprint density at radius 1 is 1.32 bits per heavy atom. The van der Waals surface area contributed by atoms with Crippen LogP contribution in [0.3, 0.4) is 0 Å². The first-order valence-electron chi connectivity index (χ1n) is 10.3. The number of aryl methyl sites for hydroxylation is 1. The maximum Gasteiger partial charge on any atom is 0.302 e. The summed E-state index contributed by atoms with van der Waals surface area (Å²) >= 11 is 5.98. The minimum Gasteiger partial charge on any atom is -0.465 e. The lowest BCUT2D eigenvalue weighted by atomic mass is 9.67. The Morgan fingerprint density at radius 3 is 2.71 bits per heavy atom. The molecular weight excluding hydrogens is 571 g/mol. The maximum atomic E-state index is 11.6. The first kappa shape index (κ1) is 22.7. The molecule has 1 aromatic carbocycles. The average Bonchev–Trinajstić information content (AvgIpc) is 3.04. The molecule has 0 saturated heterocycles. The van der Waals surface area contributed by atoms with Crippen molar-refractivity contribution in [3.63, 3.8) is 0 Å². The van der Waals surface area contributed by atoms with Crippen molar-refractivity contribution >= 4 is 55.4 Å². The van der Waals surface area contributed by atoms with E-state index in [1.807, 2.05) is 6.20 Å². The summed E-state index contributed by atoms with van der Waals surface area (Å²) in [5, 5.41) is 1.19. The molecule has 2 heterocycles. The normalized spacial score (nSPS) is 18.0. The first-order chi connectivity index (χ1) is 14.7. The van der Waals surface area contributed by atoms with Crippen molar-refractivity contribution in [1.29, 1.82) is 0 Å². The van der Waals surface area contributed by atoms with Gasteiger partial charge in [0.25, 0.3) is 0 Å². The predicted molar refractivity (Wildman–Crippen MR) is 134 cm³/mol. The van der Waals surface area contributed by atoms with E-state index in [4.69, 9.17) is 14.5 Å². The Kier molecular flexibility index (Phi) is 6.22. The molecule has 5 nitrogen and oxygen atoms in total. The lowest BCUT2D eigenvalue weighted by Crippen LogP contribution is -2.36. The van der Waals surface area contributed by atoms with Crippen LogP contribution in [0.15, 0.2) is 34.9 Å². The van der Waals surface area contributed by atoms with Gasteiger partial charge >= 0.3 is 5.97 Å². The van der Waals surface area contributed by atoms with Crippen LogP contribution >= 0.6 is 38.5 Å². The zero-order valence-corrected chi connectivity index (χ0v) is 22.1. The number of rotatable bonds is 5. The Hall–Kier alpha value is -1.45. The highest BCUT2D eigenvalue weighted by Gasteiger charge is 2.47. The van der Waals surface area contributed by atoms with Crippen LogP contribution in [0.25, 0.3) is 22.2 Å². The number of halogens is 2. The van der Waals surface area contributed by atoms with E-state index in [1.54, 1.807) is 7.11 Å². The molecule has 1 unspecified atom stereocenters. The van der Waals surface area contributed by atoms with Gasteiger partial charge in [0.1, 0.15) is 6.10 Å². The number of carbonyl (C=O) groups is 1. The summed E-state index contributed by atoms with van der Waals surface area (Å²) in [6, 6.07) is 8.64. The third-order valence-corrected chi connectivity index (χ3v) is 7.23.